The highest BCUT2D eigenvalue weighted by Crippen LogP contribution is 2.28. The van der Waals surface area contributed by atoms with Gasteiger partial charge in [0, 0.05) is 42.8 Å². The fourth-order valence-corrected chi connectivity index (χ4v) is 5.35. The molecule has 3 aromatic rings. The molecule has 182 valence electrons. The van der Waals surface area contributed by atoms with Crippen LogP contribution in [0.1, 0.15) is 34.3 Å². The molecule has 2 aliphatic rings. The highest BCUT2D eigenvalue weighted by atomic mass is 32.2. The van der Waals surface area contributed by atoms with Crippen LogP contribution in [0, 0.1) is 0 Å². The molecule has 1 fully saturated rings. The van der Waals surface area contributed by atoms with E-state index in [4.69, 9.17) is 9.47 Å². The van der Waals surface area contributed by atoms with Crippen LogP contribution in [0.25, 0.3) is 0 Å². The van der Waals surface area contributed by atoms with Gasteiger partial charge in [-0.3, -0.25) is 14.7 Å². The Labute approximate surface area is 211 Å². The minimum Gasteiger partial charge on any atom is -0.491 e. The zero-order valence-corrected chi connectivity index (χ0v) is 20.9. The lowest BCUT2D eigenvalue weighted by Crippen LogP contribution is -2.37. The summed E-state index contributed by atoms with van der Waals surface area (Å²) in [5.74, 6) is 1.79. The third-order valence-corrected chi connectivity index (χ3v) is 7.40. The lowest BCUT2D eigenvalue weighted by Gasteiger charge is -2.32. The van der Waals surface area contributed by atoms with Crippen LogP contribution in [0.5, 0.6) is 11.5 Å². The van der Waals surface area contributed by atoms with Crippen molar-refractivity contribution in [2.75, 3.05) is 32.5 Å². The van der Waals surface area contributed by atoms with Crippen molar-refractivity contribution in [3.63, 3.8) is 0 Å². The molecule has 6 nitrogen and oxygen atoms in total. The summed E-state index contributed by atoms with van der Waals surface area (Å²) in [5.41, 5.74) is 3.08. The second-order valence-corrected chi connectivity index (χ2v) is 9.85. The first-order chi connectivity index (χ1) is 17.2. The number of benzene rings is 2. The molecule has 0 aliphatic carbocycles. The van der Waals surface area contributed by atoms with Crippen molar-refractivity contribution in [2.45, 2.75) is 36.9 Å². The maximum Gasteiger partial charge on any atom is 0.255 e. The van der Waals surface area contributed by atoms with Crippen LogP contribution in [-0.2, 0) is 13.1 Å². The zero-order chi connectivity index (χ0) is 24.0. The standard InChI is InChI=1S/C28H31N3O3S/c1-35-27-7-3-2-6-25(27)28(32)31-15-16-33-26-9-8-21(17-22(26)20-31)19-30-13-10-23(11-14-30)34-24-5-4-12-29-18-24/h2-9,12,17-18,23H,10-11,13-16,19-20H2,1H3. The van der Waals surface area contributed by atoms with Gasteiger partial charge in [-0.15, -0.1) is 11.8 Å². The summed E-state index contributed by atoms with van der Waals surface area (Å²) in [7, 11) is 0. The molecule has 1 saturated heterocycles. The van der Waals surface area contributed by atoms with Crippen molar-refractivity contribution in [2.24, 2.45) is 0 Å². The van der Waals surface area contributed by atoms with Gasteiger partial charge in [0.05, 0.1) is 18.3 Å². The van der Waals surface area contributed by atoms with Crippen LogP contribution in [0.2, 0.25) is 0 Å². The summed E-state index contributed by atoms with van der Waals surface area (Å²) in [6, 6.07) is 18.1. The fraction of sp³-hybridized carbons (Fsp3) is 0.357. The van der Waals surface area contributed by atoms with E-state index in [1.807, 2.05) is 47.6 Å². The Morgan fingerprint density at radius 2 is 1.97 bits per heavy atom. The van der Waals surface area contributed by atoms with E-state index >= 15 is 0 Å². The summed E-state index contributed by atoms with van der Waals surface area (Å²) < 4.78 is 12.1. The van der Waals surface area contributed by atoms with Crippen LogP contribution in [-0.4, -0.2) is 59.3 Å². The van der Waals surface area contributed by atoms with Gasteiger partial charge in [0.25, 0.3) is 5.91 Å². The lowest BCUT2D eigenvalue weighted by molar-refractivity contribution is 0.0729. The molecule has 35 heavy (non-hydrogen) atoms. The molecule has 0 saturated carbocycles. The molecule has 0 unspecified atom stereocenters. The molecule has 1 amide bonds. The Bertz CT molecular complexity index is 1150. The molecule has 0 N–H and O–H groups in total. The SMILES string of the molecule is CSc1ccccc1C(=O)N1CCOc2ccc(CN3CCC(Oc4cccnc4)CC3)cc2C1. The Morgan fingerprint density at radius 1 is 1.11 bits per heavy atom. The van der Waals surface area contributed by atoms with Crippen LogP contribution in [0.3, 0.4) is 0 Å². The predicted molar refractivity (Wildman–Crippen MR) is 138 cm³/mol. The second kappa shape index (κ2) is 11.1. The van der Waals surface area contributed by atoms with Crippen LogP contribution >= 0.6 is 11.8 Å². The first kappa shape index (κ1) is 23.7. The normalized spacial score (nSPS) is 16.8. The smallest absolute Gasteiger partial charge is 0.255 e. The van der Waals surface area contributed by atoms with Crippen LogP contribution < -0.4 is 9.47 Å². The quantitative estimate of drug-likeness (QED) is 0.460. The Hall–Kier alpha value is -3.03. The van der Waals surface area contributed by atoms with Crippen molar-refractivity contribution in [3.05, 3.63) is 83.7 Å². The molecule has 7 heteroatoms. The van der Waals surface area contributed by atoms with Crippen molar-refractivity contribution in [1.29, 1.82) is 0 Å². The maximum atomic E-state index is 13.3. The number of ether oxygens (including phenoxy) is 2. The fourth-order valence-electron chi connectivity index (χ4n) is 4.76. The number of pyridine rings is 1. The first-order valence-electron chi connectivity index (χ1n) is 12.2. The highest BCUT2D eigenvalue weighted by molar-refractivity contribution is 7.98. The summed E-state index contributed by atoms with van der Waals surface area (Å²) in [4.78, 5) is 22.9. The van der Waals surface area contributed by atoms with E-state index in [0.29, 0.717) is 19.7 Å². The van der Waals surface area contributed by atoms with Gasteiger partial charge in [-0.1, -0.05) is 18.2 Å². The number of likely N-dealkylation sites (tertiary alicyclic amines) is 1. The van der Waals surface area contributed by atoms with E-state index in [0.717, 1.165) is 60.0 Å². The van der Waals surface area contributed by atoms with Gasteiger partial charge in [-0.2, -0.15) is 0 Å². The number of carbonyl (C=O) groups excluding carboxylic acids is 1. The number of hydrogen-bond donors (Lipinski definition) is 0. The van der Waals surface area contributed by atoms with Gasteiger partial charge < -0.3 is 14.4 Å². The van der Waals surface area contributed by atoms with E-state index in [1.165, 1.54) is 5.56 Å². The number of fused-ring (bicyclic) bond motifs is 1. The topological polar surface area (TPSA) is 54.9 Å². The molecule has 2 aromatic carbocycles. The average molecular weight is 490 g/mol. The molecule has 1 aromatic heterocycles. The summed E-state index contributed by atoms with van der Waals surface area (Å²) in [5, 5.41) is 0. The van der Waals surface area contributed by atoms with E-state index in [2.05, 4.69) is 28.1 Å². The van der Waals surface area contributed by atoms with E-state index in [1.54, 1.807) is 24.2 Å². The number of nitrogens with zero attached hydrogens (tertiary/aromatic N) is 3. The molecule has 2 aliphatic heterocycles. The van der Waals surface area contributed by atoms with Crippen molar-refractivity contribution in [1.82, 2.24) is 14.8 Å². The van der Waals surface area contributed by atoms with E-state index in [-0.39, 0.29) is 12.0 Å². The third kappa shape index (κ3) is 5.80. The molecule has 0 bridgehead atoms. The first-order valence-corrected chi connectivity index (χ1v) is 13.4. The monoisotopic (exact) mass is 489 g/mol. The van der Waals surface area contributed by atoms with Crippen LogP contribution in [0.15, 0.2) is 71.9 Å². The number of hydrogen-bond acceptors (Lipinski definition) is 6. The number of rotatable bonds is 6. The number of piperidine rings is 1. The van der Waals surface area contributed by atoms with Gasteiger partial charge >= 0.3 is 0 Å². The molecule has 0 spiro atoms. The minimum absolute atomic E-state index is 0.0625. The molecule has 0 radical (unpaired) electrons. The summed E-state index contributed by atoms with van der Waals surface area (Å²) in [6.45, 7) is 4.52. The molecule has 5 rings (SSSR count). The van der Waals surface area contributed by atoms with Gasteiger partial charge in [-0.25, -0.2) is 0 Å². The number of aromatic nitrogens is 1. The number of amides is 1. The van der Waals surface area contributed by atoms with Gasteiger partial charge in [0.1, 0.15) is 24.2 Å². The second-order valence-electron chi connectivity index (χ2n) is 9.00. The van der Waals surface area contributed by atoms with Gasteiger partial charge in [0.15, 0.2) is 0 Å². The van der Waals surface area contributed by atoms with E-state index in [9.17, 15) is 4.79 Å². The van der Waals surface area contributed by atoms with E-state index < -0.39 is 0 Å². The van der Waals surface area contributed by atoms with Crippen LogP contribution in [0.4, 0.5) is 0 Å². The van der Waals surface area contributed by atoms with Crippen molar-refractivity contribution >= 4 is 17.7 Å². The Morgan fingerprint density at radius 3 is 2.77 bits per heavy atom. The average Bonchev–Trinajstić information content (AvgIpc) is 3.12. The van der Waals surface area contributed by atoms with Crippen molar-refractivity contribution in [3.8, 4) is 11.5 Å². The highest BCUT2D eigenvalue weighted by Gasteiger charge is 2.24. The van der Waals surface area contributed by atoms with Gasteiger partial charge in [0.2, 0.25) is 0 Å². The molecule has 3 heterocycles. The lowest BCUT2D eigenvalue weighted by atomic mass is 10.0. The minimum atomic E-state index is 0.0625. The Balaban J connectivity index is 1.22. The number of thioether (sulfide) groups is 1. The maximum absolute atomic E-state index is 13.3. The zero-order valence-electron chi connectivity index (χ0n) is 20.1. The number of carbonyl (C=O) groups is 1. The summed E-state index contributed by atoms with van der Waals surface area (Å²) >= 11 is 1.60. The summed E-state index contributed by atoms with van der Waals surface area (Å²) in [6.07, 6.45) is 7.78. The third-order valence-electron chi connectivity index (χ3n) is 6.61. The molecule has 0 atom stereocenters. The largest absolute Gasteiger partial charge is 0.491 e. The Kier molecular flexibility index (Phi) is 7.54. The molecular formula is C28H31N3O3S. The predicted octanol–water partition coefficient (Wildman–Crippen LogP) is 4.88. The van der Waals surface area contributed by atoms with Crippen molar-refractivity contribution < 1.29 is 14.3 Å². The van der Waals surface area contributed by atoms with Gasteiger partial charge in [-0.05, 0) is 61.1 Å². The molecular weight excluding hydrogens is 458 g/mol.